The molecular formula is C18H20N2O6S. The Labute approximate surface area is 157 Å². The summed E-state index contributed by atoms with van der Waals surface area (Å²) in [5.74, 6) is 1.23. The van der Waals surface area contributed by atoms with E-state index in [0.717, 1.165) is 0 Å². The molecule has 9 heteroatoms. The largest absolute Gasteiger partial charge is 0.496 e. The molecule has 3 rings (SSSR count). The number of carbonyl (C=O) groups is 1. The van der Waals surface area contributed by atoms with Crippen LogP contribution in [0.25, 0.3) is 0 Å². The summed E-state index contributed by atoms with van der Waals surface area (Å²) in [4.78, 5) is 12.2. The van der Waals surface area contributed by atoms with Gasteiger partial charge in [-0.05, 0) is 49.2 Å². The molecule has 8 nitrogen and oxygen atoms in total. The van der Waals surface area contributed by atoms with Crippen LogP contribution in [0.3, 0.4) is 0 Å². The van der Waals surface area contributed by atoms with Gasteiger partial charge in [-0.15, -0.1) is 0 Å². The lowest BCUT2D eigenvalue weighted by molar-refractivity contribution is -0.115. The minimum absolute atomic E-state index is 0.108. The van der Waals surface area contributed by atoms with Gasteiger partial charge < -0.3 is 19.5 Å². The molecule has 0 unspecified atom stereocenters. The third-order valence-corrected chi connectivity index (χ3v) is 5.60. The van der Waals surface area contributed by atoms with E-state index < -0.39 is 22.5 Å². The predicted octanol–water partition coefficient (Wildman–Crippen LogP) is 1.96. The van der Waals surface area contributed by atoms with Gasteiger partial charge in [-0.2, -0.15) is 0 Å². The molecule has 0 saturated carbocycles. The predicted molar refractivity (Wildman–Crippen MR) is 98.9 cm³/mol. The van der Waals surface area contributed by atoms with Crippen molar-refractivity contribution in [2.75, 3.05) is 25.8 Å². The molecule has 2 aromatic rings. The summed E-state index contributed by atoms with van der Waals surface area (Å²) in [6, 6.07) is 8.11. The molecule has 144 valence electrons. The summed E-state index contributed by atoms with van der Waals surface area (Å²) in [7, 11) is -2.32. The molecule has 1 aliphatic heterocycles. The first-order chi connectivity index (χ1) is 12.8. The van der Waals surface area contributed by atoms with E-state index >= 15 is 0 Å². The molecular weight excluding hydrogens is 372 g/mol. The van der Waals surface area contributed by atoms with Gasteiger partial charge in [-0.1, -0.05) is 0 Å². The zero-order chi connectivity index (χ0) is 19.6. The summed E-state index contributed by atoms with van der Waals surface area (Å²) in [6.07, 6.45) is 0. The topological polar surface area (TPSA) is 103 Å². The fraction of sp³-hybridized carbons (Fsp3) is 0.278. The normalized spacial score (nSPS) is 12.7. The molecule has 0 aromatic heterocycles. The maximum absolute atomic E-state index is 12.5. The minimum atomic E-state index is -3.85. The molecule has 2 N–H and O–H groups in total. The number of hydrogen-bond donors (Lipinski definition) is 2. The first-order valence-electron chi connectivity index (χ1n) is 8.14. The van der Waals surface area contributed by atoms with E-state index in [4.69, 9.17) is 14.2 Å². The van der Waals surface area contributed by atoms with Crippen LogP contribution in [0.4, 0.5) is 5.69 Å². The van der Waals surface area contributed by atoms with E-state index in [0.29, 0.717) is 34.1 Å². The number of sulfonamides is 1. The lowest BCUT2D eigenvalue weighted by Gasteiger charge is -2.13. The molecule has 0 fully saturated rings. The average molecular weight is 392 g/mol. The van der Waals surface area contributed by atoms with Crippen LogP contribution in [0.5, 0.6) is 17.2 Å². The second-order valence-corrected chi connectivity index (χ2v) is 7.76. The van der Waals surface area contributed by atoms with E-state index in [1.807, 2.05) is 0 Å². The summed E-state index contributed by atoms with van der Waals surface area (Å²) in [5, 5.41) is 2.62. The Bertz CT molecular complexity index is 988. The van der Waals surface area contributed by atoms with Crippen LogP contribution in [0.2, 0.25) is 0 Å². The number of benzene rings is 2. The Balaban J connectivity index is 1.66. The third-order valence-electron chi connectivity index (χ3n) is 4.06. The van der Waals surface area contributed by atoms with Crippen LogP contribution < -0.4 is 24.2 Å². The first kappa shape index (κ1) is 19.0. The van der Waals surface area contributed by atoms with Crippen LogP contribution in [0, 0.1) is 13.8 Å². The van der Waals surface area contributed by atoms with Gasteiger partial charge in [0.2, 0.25) is 22.7 Å². The molecule has 0 radical (unpaired) electrons. The highest BCUT2D eigenvalue weighted by Crippen LogP contribution is 2.34. The number of amides is 1. The quantitative estimate of drug-likeness (QED) is 0.779. The van der Waals surface area contributed by atoms with Crippen molar-refractivity contribution >= 4 is 21.6 Å². The SMILES string of the molecule is COc1cc(C)c(S(=O)(=O)NCC(=O)Nc2ccc3c(c2)OCO3)cc1C. The van der Waals surface area contributed by atoms with Gasteiger partial charge in [0.05, 0.1) is 18.6 Å². The van der Waals surface area contributed by atoms with Crippen molar-refractivity contribution in [3.8, 4) is 17.2 Å². The number of rotatable bonds is 6. The first-order valence-corrected chi connectivity index (χ1v) is 9.63. The number of carbonyl (C=O) groups excluding carboxylic acids is 1. The standard InChI is InChI=1S/C18H20N2O6S/c1-11-7-17(12(2)6-15(11)24-3)27(22,23)19-9-18(21)20-13-4-5-14-16(8-13)26-10-25-14/h4-8,19H,9-10H2,1-3H3,(H,20,21). The van der Waals surface area contributed by atoms with E-state index in [1.165, 1.54) is 13.2 Å². The number of hydrogen-bond acceptors (Lipinski definition) is 6. The maximum Gasteiger partial charge on any atom is 0.241 e. The fourth-order valence-corrected chi connectivity index (χ4v) is 3.98. The molecule has 0 bridgehead atoms. The summed E-state index contributed by atoms with van der Waals surface area (Å²) in [5.41, 5.74) is 1.70. The van der Waals surface area contributed by atoms with Crippen molar-refractivity contribution in [3.05, 3.63) is 41.5 Å². The molecule has 0 atom stereocenters. The highest BCUT2D eigenvalue weighted by atomic mass is 32.2. The van der Waals surface area contributed by atoms with Crippen molar-refractivity contribution in [2.24, 2.45) is 0 Å². The summed E-state index contributed by atoms with van der Waals surface area (Å²) in [6.45, 7) is 3.15. The van der Waals surface area contributed by atoms with Crippen molar-refractivity contribution in [1.82, 2.24) is 4.72 Å². The van der Waals surface area contributed by atoms with Crippen LogP contribution in [0.1, 0.15) is 11.1 Å². The number of aryl methyl sites for hydroxylation is 2. The Hall–Kier alpha value is -2.78. The van der Waals surface area contributed by atoms with Crippen molar-refractivity contribution in [2.45, 2.75) is 18.7 Å². The lowest BCUT2D eigenvalue weighted by atomic mass is 10.1. The Morgan fingerprint density at radius 2 is 1.85 bits per heavy atom. The van der Waals surface area contributed by atoms with Gasteiger partial charge in [-0.3, -0.25) is 4.79 Å². The molecule has 2 aromatic carbocycles. The van der Waals surface area contributed by atoms with E-state index in [2.05, 4.69) is 10.0 Å². The average Bonchev–Trinajstić information content (AvgIpc) is 3.09. The maximum atomic E-state index is 12.5. The van der Waals surface area contributed by atoms with E-state index in [1.54, 1.807) is 38.1 Å². The Kier molecular flexibility index (Phi) is 5.24. The highest BCUT2D eigenvalue weighted by Gasteiger charge is 2.20. The number of ether oxygens (including phenoxy) is 3. The Morgan fingerprint density at radius 3 is 2.59 bits per heavy atom. The molecule has 0 spiro atoms. The second kappa shape index (κ2) is 7.45. The van der Waals surface area contributed by atoms with E-state index in [9.17, 15) is 13.2 Å². The smallest absolute Gasteiger partial charge is 0.241 e. The zero-order valence-electron chi connectivity index (χ0n) is 15.2. The second-order valence-electron chi connectivity index (χ2n) is 6.03. The minimum Gasteiger partial charge on any atom is -0.496 e. The third kappa shape index (κ3) is 4.15. The van der Waals surface area contributed by atoms with Crippen LogP contribution in [-0.4, -0.2) is 34.8 Å². The van der Waals surface area contributed by atoms with Crippen molar-refractivity contribution in [1.29, 1.82) is 0 Å². The molecule has 0 saturated heterocycles. The lowest BCUT2D eigenvalue weighted by Crippen LogP contribution is -2.33. The van der Waals surface area contributed by atoms with Crippen LogP contribution in [-0.2, 0) is 14.8 Å². The monoisotopic (exact) mass is 392 g/mol. The van der Waals surface area contributed by atoms with Gasteiger partial charge in [0.15, 0.2) is 11.5 Å². The van der Waals surface area contributed by atoms with Gasteiger partial charge in [0.1, 0.15) is 5.75 Å². The number of nitrogens with one attached hydrogen (secondary N) is 2. The van der Waals surface area contributed by atoms with Crippen molar-refractivity contribution < 1.29 is 27.4 Å². The Morgan fingerprint density at radius 1 is 1.11 bits per heavy atom. The number of anilines is 1. The molecule has 1 amide bonds. The van der Waals surface area contributed by atoms with Gasteiger partial charge in [0, 0.05) is 11.8 Å². The number of fused-ring (bicyclic) bond motifs is 1. The summed E-state index contributed by atoms with van der Waals surface area (Å²) < 4.78 is 43.0. The van der Waals surface area contributed by atoms with E-state index in [-0.39, 0.29) is 11.7 Å². The zero-order valence-corrected chi connectivity index (χ0v) is 16.0. The highest BCUT2D eigenvalue weighted by molar-refractivity contribution is 7.89. The molecule has 0 aliphatic carbocycles. The fourth-order valence-electron chi connectivity index (χ4n) is 2.69. The number of methoxy groups -OCH3 is 1. The van der Waals surface area contributed by atoms with Crippen molar-refractivity contribution in [3.63, 3.8) is 0 Å². The van der Waals surface area contributed by atoms with Crippen LogP contribution >= 0.6 is 0 Å². The van der Waals surface area contributed by atoms with Crippen LogP contribution in [0.15, 0.2) is 35.2 Å². The van der Waals surface area contributed by atoms with Gasteiger partial charge >= 0.3 is 0 Å². The summed E-state index contributed by atoms with van der Waals surface area (Å²) >= 11 is 0. The van der Waals surface area contributed by atoms with Gasteiger partial charge in [-0.25, -0.2) is 13.1 Å². The molecule has 27 heavy (non-hydrogen) atoms. The van der Waals surface area contributed by atoms with Gasteiger partial charge in [0.25, 0.3) is 0 Å². The molecule has 1 aliphatic rings. The molecule has 1 heterocycles.